The van der Waals surface area contributed by atoms with E-state index in [0.29, 0.717) is 13.0 Å². The number of rotatable bonds is 2. The van der Waals surface area contributed by atoms with Crippen molar-refractivity contribution in [2.75, 3.05) is 11.4 Å². The van der Waals surface area contributed by atoms with Crippen LogP contribution in [0, 0.1) is 0 Å². The molecule has 1 fully saturated rings. The summed E-state index contributed by atoms with van der Waals surface area (Å²) in [6.07, 6.45) is 0.520. The third-order valence-corrected chi connectivity index (χ3v) is 4.38. The number of hydrogen-bond acceptors (Lipinski definition) is 2. The maximum absolute atomic E-state index is 12.4. The molecule has 1 aliphatic heterocycles. The number of amides is 1. The van der Waals surface area contributed by atoms with Crippen molar-refractivity contribution in [3.8, 4) is 0 Å². The van der Waals surface area contributed by atoms with Crippen LogP contribution in [0.4, 0.5) is 5.69 Å². The van der Waals surface area contributed by atoms with Crippen molar-refractivity contribution in [3.63, 3.8) is 0 Å². The second-order valence-electron chi connectivity index (χ2n) is 5.76. The molecular weight excluding hydrogens is 274 g/mol. The molecule has 1 saturated heterocycles. The van der Waals surface area contributed by atoms with Gasteiger partial charge in [0, 0.05) is 31.6 Å². The van der Waals surface area contributed by atoms with Gasteiger partial charge in [0.05, 0.1) is 11.0 Å². The van der Waals surface area contributed by atoms with Crippen LogP contribution < -0.4 is 4.90 Å². The highest BCUT2D eigenvalue weighted by Crippen LogP contribution is 2.32. The van der Waals surface area contributed by atoms with Crippen molar-refractivity contribution < 1.29 is 4.79 Å². The van der Waals surface area contributed by atoms with Gasteiger partial charge in [0.1, 0.15) is 5.82 Å². The van der Waals surface area contributed by atoms with Crippen molar-refractivity contribution >= 4 is 22.6 Å². The molecule has 110 valence electrons. The van der Waals surface area contributed by atoms with Gasteiger partial charge in [-0.3, -0.25) is 4.79 Å². The Kier molecular flexibility index (Phi) is 2.96. The summed E-state index contributed by atoms with van der Waals surface area (Å²) in [6.45, 7) is 0.694. The summed E-state index contributed by atoms with van der Waals surface area (Å²) in [5.41, 5.74) is 3.07. The highest BCUT2D eigenvalue weighted by atomic mass is 16.2. The molecule has 4 nitrogen and oxygen atoms in total. The predicted molar refractivity (Wildman–Crippen MR) is 86.9 cm³/mol. The molecule has 2 aromatic carbocycles. The minimum atomic E-state index is 0.144. The lowest BCUT2D eigenvalue weighted by Crippen LogP contribution is -2.24. The average Bonchev–Trinajstić information content (AvgIpc) is 3.09. The van der Waals surface area contributed by atoms with Gasteiger partial charge in [0.25, 0.3) is 0 Å². The molecular formula is C18H17N3O. The Morgan fingerprint density at radius 2 is 1.77 bits per heavy atom. The number of aryl methyl sites for hydroxylation is 1. The van der Waals surface area contributed by atoms with E-state index in [4.69, 9.17) is 4.98 Å². The van der Waals surface area contributed by atoms with E-state index in [1.54, 1.807) is 0 Å². The lowest BCUT2D eigenvalue weighted by molar-refractivity contribution is -0.117. The number of hydrogen-bond donors (Lipinski definition) is 0. The maximum atomic E-state index is 12.4. The summed E-state index contributed by atoms with van der Waals surface area (Å²) in [5.74, 6) is 1.31. The number of fused-ring (bicyclic) bond motifs is 1. The summed E-state index contributed by atoms with van der Waals surface area (Å²) in [5, 5.41) is 0. The van der Waals surface area contributed by atoms with Crippen molar-refractivity contribution in [1.82, 2.24) is 9.55 Å². The fraction of sp³-hybridized carbons (Fsp3) is 0.222. The van der Waals surface area contributed by atoms with Gasteiger partial charge in [-0.1, -0.05) is 30.3 Å². The number of aromatic nitrogens is 2. The smallest absolute Gasteiger partial charge is 0.227 e. The molecule has 0 bridgehead atoms. The van der Waals surface area contributed by atoms with Gasteiger partial charge in [-0.05, 0) is 24.3 Å². The predicted octanol–water partition coefficient (Wildman–Crippen LogP) is 3.09. The van der Waals surface area contributed by atoms with Gasteiger partial charge in [-0.2, -0.15) is 0 Å². The molecule has 0 N–H and O–H groups in total. The Labute approximate surface area is 129 Å². The molecule has 4 rings (SSSR count). The van der Waals surface area contributed by atoms with E-state index in [1.807, 2.05) is 60.5 Å². The lowest BCUT2D eigenvalue weighted by Gasteiger charge is -2.16. The summed E-state index contributed by atoms with van der Waals surface area (Å²) >= 11 is 0. The maximum Gasteiger partial charge on any atom is 0.227 e. The van der Waals surface area contributed by atoms with Crippen LogP contribution in [0.2, 0.25) is 0 Å². The zero-order valence-electron chi connectivity index (χ0n) is 12.4. The van der Waals surface area contributed by atoms with Gasteiger partial charge in [0.15, 0.2) is 0 Å². The lowest BCUT2D eigenvalue weighted by atomic mass is 10.1. The minimum absolute atomic E-state index is 0.144. The zero-order valence-corrected chi connectivity index (χ0v) is 12.4. The van der Waals surface area contributed by atoms with E-state index < -0.39 is 0 Å². The van der Waals surface area contributed by atoms with Crippen LogP contribution in [0.25, 0.3) is 11.0 Å². The molecule has 1 aliphatic rings. The molecule has 1 atom stereocenters. The number of imidazole rings is 1. The van der Waals surface area contributed by atoms with Crippen LogP contribution in [-0.2, 0) is 11.8 Å². The summed E-state index contributed by atoms with van der Waals surface area (Å²) < 4.78 is 2.11. The Morgan fingerprint density at radius 1 is 1.05 bits per heavy atom. The SMILES string of the molecule is Cn1c([C@H]2CC(=O)N(c3ccccc3)C2)nc2ccccc21. The van der Waals surface area contributed by atoms with E-state index >= 15 is 0 Å². The van der Waals surface area contributed by atoms with Crippen molar-refractivity contribution in [2.45, 2.75) is 12.3 Å². The van der Waals surface area contributed by atoms with Crippen molar-refractivity contribution in [1.29, 1.82) is 0 Å². The Hall–Kier alpha value is -2.62. The molecule has 0 saturated carbocycles. The minimum Gasteiger partial charge on any atom is -0.331 e. The van der Waals surface area contributed by atoms with Crippen molar-refractivity contribution in [2.24, 2.45) is 7.05 Å². The molecule has 4 heteroatoms. The van der Waals surface area contributed by atoms with E-state index in [2.05, 4.69) is 10.6 Å². The van der Waals surface area contributed by atoms with Crippen LogP contribution in [0.15, 0.2) is 54.6 Å². The zero-order chi connectivity index (χ0) is 15.1. The summed E-state index contributed by atoms with van der Waals surface area (Å²) in [4.78, 5) is 19.0. The fourth-order valence-corrected chi connectivity index (χ4v) is 3.27. The number of para-hydroxylation sites is 3. The van der Waals surface area contributed by atoms with Crippen LogP contribution in [0.1, 0.15) is 18.2 Å². The fourth-order valence-electron chi connectivity index (χ4n) is 3.27. The Balaban J connectivity index is 1.69. The molecule has 2 heterocycles. The van der Waals surface area contributed by atoms with Crippen LogP contribution in [0.3, 0.4) is 0 Å². The van der Waals surface area contributed by atoms with E-state index in [9.17, 15) is 4.79 Å². The van der Waals surface area contributed by atoms with Crippen LogP contribution >= 0.6 is 0 Å². The Bertz CT molecular complexity index is 838. The third-order valence-electron chi connectivity index (χ3n) is 4.38. The topological polar surface area (TPSA) is 38.1 Å². The highest BCUT2D eigenvalue weighted by Gasteiger charge is 2.34. The first kappa shape index (κ1) is 13.1. The molecule has 22 heavy (non-hydrogen) atoms. The first-order chi connectivity index (χ1) is 10.7. The number of carbonyl (C=O) groups excluding carboxylic acids is 1. The van der Waals surface area contributed by atoms with E-state index in [1.165, 1.54) is 0 Å². The molecule has 0 aliphatic carbocycles. The quantitative estimate of drug-likeness (QED) is 0.727. The number of benzene rings is 2. The normalized spacial score (nSPS) is 18.3. The van der Waals surface area contributed by atoms with Gasteiger partial charge in [-0.15, -0.1) is 0 Å². The molecule has 0 radical (unpaired) electrons. The molecule has 3 aromatic rings. The standard InChI is InChI=1S/C18H17N3O/c1-20-16-10-6-5-9-15(16)19-18(20)13-11-17(22)21(12-13)14-7-3-2-4-8-14/h2-10,13H,11-12H2,1H3/t13-/m0/s1. The summed E-state index contributed by atoms with van der Waals surface area (Å²) in [7, 11) is 2.03. The van der Waals surface area contributed by atoms with Gasteiger partial charge in [-0.25, -0.2) is 4.98 Å². The third kappa shape index (κ3) is 1.99. The monoisotopic (exact) mass is 291 g/mol. The van der Waals surface area contributed by atoms with E-state index in [0.717, 1.165) is 22.5 Å². The second kappa shape index (κ2) is 4.98. The second-order valence-corrected chi connectivity index (χ2v) is 5.76. The Morgan fingerprint density at radius 3 is 2.55 bits per heavy atom. The molecule has 0 unspecified atom stereocenters. The molecule has 1 amide bonds. The average molecular weight is 291 g/mol. The number of nitrogens with zero attached hydrogens (tertiary/aromatic N) is 3. The number of anilines is 1. The van der Waals surface area contributed by atoms with Crippen molar-refractivity contribution in [3.05, 3.63) is 60.4 Å². The molecule has 1 aromatic heterocycles. The summed E-state index contributed by atoms with van der Waals surface area (Å²) in [6, 6.07) is 18.0. The van der Waals surface area contributed by atoms with Crippen LogP contribution in [-0.4, -0.2) is 22.0 Å². The van der Waals surface area contributed by atoms with Gasteiger partial charge in [0.2, 0.25) is 5.91 Å². The first-order valence-electron chi connectivity index (χ1n) is 7.51. The van der Waals surface area contributed by atoms with Gasteiger partial charge < -0.3 is 9.47 Å². The molecule has 0 spiro atoms. The first-order valence-corrected chi connectivity index (χ1v) is 7.51. The van der Waals surface area contributed by atoms with E-state index in [-0.39, 0.29) is 11.8 Å². The highest BCUT2D eigenvalue weighted by molar-refractivity contribution is 5.96. The van der Waals surface area contributed by atoms with Crippen LogP contribution in [0.5, 0.6) is 0 Å². The largest absolute Gasteiger partial charge is 0.331 e. The number of carbonyl (C=O) groups is 1. The van der Waals surface area contributed by atoms with Gasteiger partial charge >= 0.3 is 0 Å².